The van der Waals surface area contributed by atoms with Crippen molar-refractivity contribution in [3.05, 3.63) is 50.8 Å². The summed E-state index contributed by atoms with van der Waals surface area (Å²) >= 11 is 0. The summed E-state index contributed by atoms with van der Waals surface area (Å²) in [5, 5.41) is 27.7. The van der Waals surface area contributed by atoms with Gasteiger partial charge in [0.1, 0.15) is 11.6 Å². The minimum absolute atomic E-state index is 0.0537. The molecular weight excluding hydrogens is 304 g/mol. The molecule has 0 bridgehead atoms. The zero-order valence-electron chi connectivity index (χ0n) is 14.3. The second-order valence-electron chi connectivity index (χ2n) is 5.73. The van der Waals surface area contributed by atoms with Gasteiger partial charge in [-0.25, -0.2) is 0 Å². The average molecular weight is 324 g/mol. The Labute approximate surface area is 140 Å². The van der Waals surface area contributed by atoms with Gasteiger partial charge in [-0.3, -0.25) is 9.36 Å². The Hall–Kier alpha value is -2.94. The zero-order valence-corrected chi connectivity index (χ0v) is 14.3. The first-order valence-corrected chi connectivity index (χ1v) is 7.76. The summed E-state index contributed by atoms with van der Waals surface area (Å²) in [6.07, 6.45) is 0.648. The SMILES string of the molecule is CCCn1c(O)c(C#N)c(C)c(N=Nc2cc(C)ccc2C)c1=O. The third-order valence-corrected chi connectivity index (χ3v) is 3.84. The standard InChI is InChI=1S/C18H20N4O2/c1-5-8-22-17(23)14(10-19)13(4)16(18(22)24)21-20-15-9-11(2)6-7-12(15)3/h6-7,9,23H,5,8H2,1-4H3. The van der Waals surface area contributed by atoms with Gasteiger partial charge in [0.2, 0.25) is 5.88 Å². The molecule has 0 amide bonds. The Bertz CT molecular complexity index is 905. The Morgan fingerprint density at radius 3 is 2.58 bits per heavy atom. The lowest BCUT2D eigenvalue weighted by molar-refractivity contribution is 0.402. The van der Waals surface area contributed by atoms with Crippen LogP contribution in [-0.2, 0) is 6.54 Å². The smallest absolute Gasteiger partial charge is 0.281 e. The average Bonchev–Trinajstić information content (AvgIpc) is 2.55. The summed E-state index contributed by atoms with van der Waals surface area (Å²) in [7, 11) is 0. The Morgan fingerprint density at radius 1 is 1.25 bits per heavy atom. The summed E-state index contributed by atoms with van der Waals surface area (Å²) < 4.78 is 1.17. The molecule has 0 saturated heterocycles. The highest BCUT2D eigenvalue weighted by Gasteiger charge is 2.18. The van der Waals surface area contributed by atoms with Crippen molar-refractivity contribution in [2.45, 2.75) is 40.7 Å². The van der Waals surface area contributed by atoms with Crippen molar-refractivity contribution in [1.29, 1.82) is 5.26 Å². The lowest BCUT2D eigenvalue weighted by atomic mass is 10.1. The highest BCUT2D eigenvalue weighted by atomic mass is 16.3. The third-order valence-electron chi connectivity index (χ3n) is 3.84. The van der Waals surface area contributed by atoms with Gasteiger partial charge in [-0.05, 0) is 44.4 Å². The van der Waals surface area contributed by atoms with Gasteiger partial charge in [0.05, 0.1) is 5.69 Å². The Balaban J connectivity index is 2.64. The minimum Gasteiger partial charge on any atom is -0.493 e. The quantitative estimate of drug-likeness (QED) is 0.855. The summed E-state index contributed by atoms with van der Waals surface area (Å²) in [5.41, 5.74) is 2.67. The molecule has 0 spiro atoms. The van der Waals surface area contributed by atoms with Crippen molar-refractivity contribution in [3.8, 4) is 11.9 Å². The number of hydrogen-bond donors (Lipinski definition) is 1. The number of rotatable bonds is 4. The highest BCUT2D eigenvalue weighted by molar-refractivity contribution is 5.57. The summed E-state index contributed by atoms with van der Waals surface area (Å²) in [6.45, 7) is 7.65. The third kappa shape index (κ3) is 3.20. The molecule has 0 unspecified atom stereocenters. The number of aromatic nitrogens is 1. The van der Waals surface area contributed by atoms with Crippen LogP contribution in [0.1, 0.15) is 35.6 Å². The van der Waals surface area contributed by atoms with Gasteiger partial charge in [-0.2, -0.15) is 10.4 Å². The molecule has 0 aliphatic rings. The van der Waals surface area contributed by atoms with Crippen LogP contribution in [0.2, 0.25) is 0 Å². The van der Waals surface area contributed by atoms with Crippen molar-refractivity contribution in [3.63, 3.8) is 0 Å². The number of benzene rings is 1. The van der Waals surface area contributed by atoms with Crippen molar-refractivity contribution in [2.75, 3.05) is 0 Å². The first-order chi connectivity index (χ1) is 11.4. The molecule has 1 aromatic carbocycles. The molecule has 0 radical (unpaired) electrons. The maximum atomic E-state index is 12.6. The predicted octanol–water partition coefficient (Wildman–Crippen LogP) is 4.18. The summed E-state index contributed by atoms with van der Waals surface area (Å²) in [5.74, 6) is -0.312. The van der Waals surface area contributed by atoms with E-state index in [9.17, 15) is 15.2 Å². The fraction of sp³-hybridized carbons (Fsp3) is 0.333. The number of aryl methyl sites for hydroxylation is 2. The van der Waals surface area contributed by atoms with Gasteiger partial charge >= 0.3 is 0 Å². The van der Waals surface area contributed by atoms with Gasteiger partial charge in [-0.15, -0.1) is 5.11 Å². The molecule has 0 saturated carbocycles. The molecule has 2 aromatic rings. The van der Waals surface area contributed by atoms with Crippen molar-refractivity contribution < 1.29 is 5.11 Å². The highest BCUT2D eigenvalue weighted by Crippen LogP contribution is 2.28. The van der Waals surface area contributed by atoms with E-state index in [1.54, 1.807) is 6.92 Å². The van der Waals surface area contributed by atoms with Gasteiger partial charge < -0.3 is 5.11 Å². The zero-order chi connectivity index (χ0) is 17.9. The maximum Gasteiger partial charge on any atom is 0.281 e. The fourth-order valence-corrected chi connectivity index (χ4v) is 2.42. The number of nitrogens with zero attached hydrogens (tertiary/aromatic N) is 4. The van der Waals surface area contributed by atoms with E-state index < -0.39 is 5.56 Å². The molecule has 6 heteroatoms. The van der Waals surface area contributed by atoms with Crippen LogP contribution in [0.3, 0.4) is 0 Å². The number of pyridine rings is 1. The Kier molecular flexibility index (Phi) is 5.14. The van der Waals surface area contributed by atoms with Crippen molar-refractivity contribution in [2.24, 2.45) is 10.2 Å². The molecule has 0 aliphatic heterocycles. The Morgan fingerprint density at radius 2 is 1.96 bits per heavy atom. The van der Waals surface area contributed by atoms with E-state index in [0.717, 1.165) is 11.1 Å². The van der Waals surface area contributed by atoms with Gasteiger partial charge in [0, 0.05) is 12.1 Å². The molecule has 24 heavy (non-hydrogen) atoms. The normalized spacial score (nSPS) is 11.0. The van der Waals surface area contributed by atoms with E-state index in [4.69, 9.17) is 0 Å². The number of azo groups is 1. The van der Waals surface area contributed by atoms with Crippen LogP contribution < -0.4 is 5.56 Å². The number of aromatic hydroxyl groups is 1. The monoisotopic (exact) mass is 324 g/mol. The number of nitriles is 1. The van der Waals surface area contributed by atoms with E-state index in [2.05, 4.69) is 10.2 Å². The second-order valence-corrected chi connectivity index (χ2v) is 5.73. The molecule has 0 fully saturated rings. The molecule has 1 N–H and O–H groups in total. The molecule has 1 heterocycles. The lowest BCUT2D eigenvalue weighted by Gasteiger charge is -2.12. The first-order valence-electron chi connectivity index (χ1n) is 7.76. The number of hydrogen-bond acceptors (Lipinski definition) is 5. The van der Waals surface area contributed by atoms with Crippen LogP contribution in [-0.4, -0.2) is 9.67 Å². The topological polar surface area (TPSA) is 90.7 Å². The van der Waals surface area contributed by atoms with Gasteiger partial charge in [0.25, 0.3) is 5.56 Å². The van der Waals surface area contributed by atoms with Crippen LogP contribution >= 0.6 is 0 Å². The van der Waals surface area contributed by atoms with Crippen LogP contribution in [0, 0.1) is 32.1 Å². The van der Waals surface area contributed by atoms with E-state index in [-0.39, 0.29) is 17.1 Å². The van der Waals surface area contributed by atoms with Gasteiger partial charge in [0.15, 0.2) is 5.69 Å². The molecule has 124 valence electrons. The van der Waals surface area contributed by atoms with Crippen LogP contribution in [0.5, 0.6) is 5.88 Å². The first kappa shape index (κ1) is 17.4. The largest absolute Gasteiger partial charge is 0.493 e. The second kappa shape index (κ2) is 7.09. The van der Waals surface area contributed by atoms with E-state index in [1.165, 1.54) is 4.57 Å². The molecule has 0 aliphatic carbocycles. The molecule has 1 aromatic heterocycles. The maximum absolute atomic E-state index is 12.6. The summed E-state index contributed by atoms with van der Waals surface area (Å²) in [6, 6.07) is 7.72. The van der Waals surface area contributed by atoms with Gasteiger partial charge in [-0.1, -0.05) is 19.1 Å². The lowest BCUT2D eigenvalue weighted by Crippen LogP contribution is -2.21. The molecule has 6 nitrogen and oxygen atoms in total. The van der Waals surface area contributed by atoms with Crippen LogP contribution in [0.25, 0.3) is 0 Å². The molecular formula is C18H20N4O2. The van der Waals surface area contributed by atoms with Crippen LogP contribution in [0.15, 0.2) is 33.2 Å². The molecule has 0 atom stereocenters. The van der Waals surface area contributed by atoms with E-state index in [0.29, 0.717) is 24.2 Å². The van der Waals surface area contributed by atoms with Crippen LogP contribution in [0.4, 0.5) is 11.4 Å². The van der Waals surface area contributed by atoms with Crippen molar-refractivity contribution in [1.82, 2.24) is 4.57 Å². The van der Waals surface area contributed by atoms with Crippen molar-refractivity contribution >= 4 is 11.4 Å². The summed E-state index contributed by atoms with van der Waals surface area (Å²) in [4.78, 5) is 12.6. The van der Waals surface area contributed by atoms with E-state index >= 15 is 0 Å². The molecule has 2 rings (SSSR count). The predicted molar refractivity (Wildman–Crippen MR) is 92.2 cm³/mol. The fourth-order valence-electron chi connectivity index (χ4n) is 2.42. The minimum atomic E-state index is -0.445. The van der Waals surface area contributed by atoms with E-state index in [1.807, 2.05) is 45.0 Å².